The molecule has 0 saturated heterocycles. The Morgan fingerprint density at radius 1 is 1.00 bits per heavy atom. The van der Waals surface area contributed by atoms with E-state index in [0.717, 1.165) is 15.4 Å². The Bertz CT molecular complexity index is 1820. The van der Waals surface area contributed by atoms with Gasteiger partial charge in [0.25, 0.3) is 15.9 Å². The Hall–Kier alpha value is -4.54. The van der Waals surface area contributed by atoms with Crippen molar-refractivity contribution in [1.82, 2.24) is 5.32 Å². The van der Waals surface area contributed by atoms with Crippen molar-refractivity contribution < 1.29 is 27.5 Å². The van der Waals surface area contributed by atoms with Crippen LogP contribution in [0.5, 0.6) is 11.5 Å². The monoisotopic (exact) mass is 647 g/mol. The van der Waals surface area contributed by atoms with Gasteiger partial charge < -0.3 is 19.7 Å². The fraction of sp³-hybridized carbons (Fsp3) is 0.235. The molecule has 1 aliphatic heterocycles. The number of carbonyl (C=O) groups is 2. The predicted octanol–water partition coefficient (Wildman–Crippen LogP) is 5.31. The zero-order valence-electron chi connectivity index (χ0n) is 25.2. The first-order chi connectivity index (χ1) is 21.6. The summed E-state index contributed by atoms with van der Waals surface area (Å²) in [5, 5.41) is 3.24. The third-order valence-electron chi connectivity index (χ3n) is 7.53. The number of carbonyl (C=O) groups excluding carboxylic acids is 2. The lowest BCUT2D eigenvalue weighted by molar-refractivity contribution is -0.128. The van der Waals surface area contributed by atoms with Crippen molar-refractivity contribution in [3.8, 4) is 11.5 Å². The van der Waals surface area contributed by atoms with Crippen LogP contribution in [0.2, 0.25) is 5.02 Å². The molecule has 0 bridgehead atoms. The third-order valence-corrected chi connectivity index (χ3v) is 9.73. The summed E-state index contributed by atoms with van der Waals surface area (Å²) in [6.45, 7) is 3.28. The van der Waals surface area contributed by atoms with Gasteiger partial charge in [-0.05, 0) is 73.4 Å². The van der Waals surface area contributed by atoms with Crippen LogP contribution in [0.1, 0.15) is 16.7 Å². The number of nitrogens with zero attached hydrogens (tertiary/aromatic N) is 2. The highest BCUT2D eigenvalue weighted by atomic mass is 35.5. The predicted molar refractivity (Wildman–Crippen MR) is 175 cm³/mol. The minimum Gasteiger partial charge on any atom is -0.495 e. The normalized spacial score (nSPS) is 14.2. The van der Waals surface area contributed by atoms with Crippen molar-refractivity contribution in [2.45, 2.75) is 31.3 Å². The van der Waals surface area contributed by atoms with Gasteiger partial charge in [-0.25, -0.2) is 8.42 Å². The number of rotatable bonds is 10. The number of methoxy groups -OCH3 is 1. The standard InChI is InChI=1S/C34H34ClN3O6S/c1-23-13-16-30(43-3)32(19-23)45(41,42)38(26-15-14-24(2)27(35)20-26)22-33(39)37-21-31(44-29-12-8-7-11-28(29)37)34(40)36-18-17-25-9-5-4-6-10-25/h4-16,19-20,31H,17-18,21-22H2,1-3H3,(H,36,40). The number of sulfonamides is 1. The summed E-state index contributed by atoms with van der Waals surface area (Å²) >= 11 is 6.42. The van der Waals surface area contributed by atoms with Crippen LogP contribution in [0.3, 0.4) is 0 Å². The molecule has 1 atom stereocenters. The summed E-state index contributed by atoms with van der Waals surface area (Å²) in [4.78, 5) is 28.7. The number of halogens is 1. The minimum atomic E-state index is -4.34. The van der Waals surface area contributed by atoms with E-state index in [0.29, 0.717) is 35.0 Å². The van der Waals surface area contributed by atoms with Gasteiger partial charge in [-0.15, -0.1) is 0 Å². The van der Waals surface area contributed by atoms with Gasteiger partial charge in [0, 0.05) is 11.6 Å². The molecule has 5 rings (SSSR count). The summed E-state index contributed by atoms with van der Waals surface area (Å²) in [5.74, 6) is -0.453. The lowest BCUT2D eigenvalue weighted by atomic mass is 10.1. The Morgan fingerprint density at radius 2 is 1.73 bits per heavy atom. The molecular formula is C34H34ClN3O6S. The Morgan fingerprint density at radius 3 is 2.47 bits per heavy atom. The molecule has 1 heterocycles. The zero-order valence-corrected chi connectivity index (χ0v) is 26.8. The summed E-state index contributed by atoms with van der Waals surface area (Å²) < 4.78 is 41.0. The molecule has 1 N–H and O–H groups in total. The van der Waals surface area contributed by atoms with Crippen LogP contribution in [0.15, 0.2) is 95.9 Å². The summed E-state index contributed by atoms with van der Waals surface area (Å²) in [6, 6.07) is 26.2. The topological polar surface area (TPSA) is 105 Å². The van der Waals surface area contributed by atoms with Gasteiger partial charge >= 0.3 is 0 Å². The lowest BCUT2D eigenvalue weighted by Gasteiger charge is -2.35. The first-order valence-electron chi connectivity index (χ1n) is 14.4. The number of nitrogens with one attached hydrogen (secondary N) is 1. The van der Waals surface area contributed by atoms with Crippen LogP contribution < -0.4 is 24.0 Å². The van der Waals surface area contributed by atoms with Gasteiger partial charge in [0.2, 0.25) is 5.91 Å². The number of anilines is 2. The number of para-hydroxylation sites is 2. The first-order valence-corrected chi connectivity index (χ1v) is 16.2. The van der Waals surface area contributed by atoms with E-state index < -0.39 is 28.6 Å². The second-order valence-corrected chi connectivity index (χ2v) is 12.9. The van der Waals surface area contributed by atoms with E-state index in [1.807, 2.05) is 30.3 Å². The molecule has 45 heavy (non-hydrogen) atoms. The quantitative estimate of drug-likeness (QED) is 0.250. The molecular weight excluding hydrogens is 614 g/mol. The molecule has 0 spiro atoms. The van der Waals surface area contributed by atoms with Gasteiger partial charge in [-0.3, -0.25) is 13.9 Å². The van der Waals surface area contributed by atoms with Gasteiger partial charge in [0.05, 0.1) is 25.0 Å². The highest BCUT2D eigenvalue weighted by Gasteiger charge is 2.37. The van der Waals surface area contributed by atoms with Crippen molar-refractivity contribution in [3.05, 3.63) is 113 Å². The van der Waals surface area contributed by atoms with Gasteiger partial charge in [-0.2, -0.15) is 0 Å². The molecule has 11 heteroatoms. The molecule has 1 unspecified atom stereocenters. The van der Waals surface area contributed by atoms with Crippen molar-refractivity contribution >= 4 is 44.8 Å². The number of fused-ring (bicyclic) bond motifs is 1. The molecule has 234 valence electrons. The number of aryl methyl sites for hydroxylation is 2. The van der Waals surface area contributed by atoms with Crippen LogP contribution in [0.4, 0.5) is 11.4 Å². The minimum absolute atomic E-state index is 0.0902. The average Bonchev–Trinajstić information content (AvgIpc) is 3.04. The Balaban J connectivity index is 1.45. The maximum Gasteiger partial charge on any atom is 0.268 e. The number of amides is 2. The summed E-state index contributed by atoms with van der Waals surface area (Å²) in [6.07, 6.45) is -0.372. The zero-order chi connectivity index (χ0) is 32.1. The van der Waals surface area contributed by atoms with E-state index in [9.17, 15) is 18.0 Å². The SMILES string of the molecule is COc1ccc(C)cc1S(=O)(=O)N(CC(=O)N1CC(C(=O)NCCc2ccccc2)Oc2ccccc21)c1ccc(C)c(Cl)c1. The Kier molecular flexibility index (Phi) is 9.65. The van der Waals surface area contributed by atoms with Crippen LogP contribution in [-0.2, 0) is 26.0 Å². The smallest absolute Gasteiger partial charge is 0.268 e. The number of benzene rings is 4. The molecule has 9 nitrogen and oxygen atoms in total. The van der Waals surface area contributed by atoms with E-state index >= 15 is 0 Å². The van der Waals surface area contributed by atoms with Crippen molar-refractivity contribution in [2.24, 2.45) is 0 Å². The van der Waals surface area contributed by atoms with Crippen molar-refractivity contribution in [3.63, 3.8) is 0 Å². The molecule has 0 radical (unpaired) electrons. The van der Waals surface area contributed by atoms with Crippen LogP contribution >= 0.6 is 11.6 Å². The fourth-order valence-corrected chi connectivity index (χ4v) is 6.88. The molecule has 1 aliphatic rings. The highest BCUT2D eigenvalue weighted by molar-refractivity contribution is 7.93. The van der Waals surface area contributed by atoms with Crippen LogP contribution in [0.25, 0.3) is 0 Å². The Labute approximate surface area is 268 Å². The second kappa shape index (κ2) is 13.6. The molecule has 4 aromatic carbocycles. The lowest BCUT2D eigenvalue weighted by Crippen LogP contribution is -2.53. The van der Waals surface area contributed by atoms with Crippen molar-refractivity contribution in [1.29, 1.82) is 0 Å². The fourth-order valence-electron chi connectivity index (χ4n) is 5.06. The molecule has 0 fully saturated rings. The third kappa shape index (κ3) is 7.08. The van der Waals surface area contributed by atoms with Gasteiger partial charge in [0.1, 0.15) is 22.9 Å². The number of hydrogen-bond donors (Lipinski definition) is 1. The average molecular weight is 648 g/mol. The van der Waals surface area contributed by atoms with Crippen molar-refractivity contribution in [2.75, 3.05) is 35.9 Å². The highest BCUT2D eigenvalue weighted by Crippen LogP contribution is 2.36. The molecule has 0 saturated carbocycles. The van der Waals surface area contributed by atoms with Gasteiger partial charge in [0.15, 0.2) is 6.10 Å². The number of ether oxygens (including phenoxy) is 2. The molecule has 0 aromatic heterocycles. The van der Waals surface area contributed by atoms with Crippen LogP contribution in [0, 0.1) is 13.8 Å². The van der Waals surface area contributed by atoms with E-state index in [1.165, 1.54) is 24.1 Å². The van der Waals surface area contributed by atoms with E-state index in [4.69, 9.17) is 21.1 Å². The number of hydrogen-bond acceptors (Lipinski definition) is 6. The largest absolute Gasteiger partial charge is 0.495 e. The van der Waals surface area contributed by atoms with E-state index in [1.54, 1.807) is 62.4 Å². The summed E-state index contributed by atoms with van der Waals surface area (Å²) in [5.41, 5.74) is 3.17. The summed E-state index contributed by atoms with van der Waals surface area (Å²) in [7, 11) is -2.95. The maximum absolute atomic E-state index is 14.3. The van der Waals surface area contributed by atoms with E-state index in [-0.39, 0.29) is 28.8 Å². The molecule has 2 amide bonds. The van der Waals surface area contributed by atoms with Crippen LogP contribution in [-0.4, -0.2) is 53.1 Å². The first kappa shape index (κ1) is 31.9. The molecule has 0 aliphatic carbocycles. The van der Waals surface area contributed by atoms with E-state index in [2.05, 4.69) is 5.32 Å². The molecule has 4 aromatic rings. The second-order valence-electron chi connectivity index (χ2n) is 10.7. The maximum atomic E-state index is 14.3. The van der Waals surface area contributed by atoms with Gasteiger partial charge in [-0.1, -0.05) is 66.2 Å².